The Morgan fingerprint density at radius 2 is 1.80 bits per heavy atom. The molecular weight excluding hydrogens is 450 g/mol. The molecule has 1 atom stereocenters. The number of amides is 1. The van der Waals surface area contributed by atoms with Gasteiger partial charge in [0.25, 0.3) is 11.7 Å². The van der Waals surface area contributed by atoms with Crippen molar-refractivity contribution < 1.29 is 28.9 Å². The number of hydrogen-bond donors (Lipinski definition) is 1. The molecule has 0 saturated carbocycles. The maximum Gasteiger partial charge on any atom is 0.295 e. The standard InChI is InChI=1S/C26H27N3O6/c1-33-19-7-4-6-18(14-19)24(30)22-23(17-8-9-20(34-2)21(15-17)35-3)29(26(32)25(22)31)12-5-11-28-13-10-27-16-28/h4,6-10,13-16,23,30H,5,11-12H2,1-3H3/t23-/m0/s1. The van der Waals surface area contributed by atoms with E-state index in [9.17, 15) is 14.7 Å². The number of carbonyl (C=O) groups is 2. The van der Waals surface area contributed by atoms with Crippen molar-refractivity contribution >= 4 is 17.4 Å². The van der Waals surface area contributed by atoms with E-state index >= 15 is 0 Å². The minimum atomic E-state index is -0.802. The second-order valence-electron chi connectivity index (χ2n) is 7.99. The summed E-state index contributed by atoms with van der Waals surface area (Å²) >= 11 is 0. The monoisotopic (exact) mass is 477 g/mol. The van der Waals surface area contributed by atoms with E-state index in [1.165, 1.54) is 26.2 Å². The molecule has 0 aliphatic carbocycles. The average molecular weight is 478 g/mol. The Hall–Kier alpha value is -4.27. The topological polar surface area (TPSA) is 103 Å². The van der Waals surface area contributed by atoms with E-state index in [0.717, 1.165) is 0 Å². The van der Waals surface area contributed by atoms with Gasteiger partial charge in [-0.2, -0.15) is 0 Å². The van der Waals surface area contributed by atoms with Crippen molar-refractivity contribution in [2.75, 3.05) is 27.9 Å². The van der Waals surface area contributed by atoms with Crippen molar-refractivity contribution in [1.82, 2.24) is 14.5 Å². The summed E-state index contributed by atoms with van der Waals surface area (Å²) in [7, 11) is 4.56. The lowest BCUT2D eigenvalue weighted by Crippen LogP contribution is -2.31. The fourth-order valence-corrected chi connectivity index (χ4v) is 4.25. The molecule has 1 fully saturated rings. The Kier molecular flexibility index (Phi) is 7.05. The quantitative estimate of drug-likeness (QED) is 0.286. The first kappa shape index (κ1) is 23.9. The minimum absolute atomic E-state index is 0.0121. The molecule has 3 aromatic rings. The number of ether oxygens (including phenoxy) is 3. The summed E-state index contributed by atoms with van der Waals surface area (Å²) in [5.41, 5.74) is 1.01. The summed E-state index contributed by atoms with van der Waals surface area (Å²) < 4.78 is 17.9. The number of nitrogens with zero attached hydrogens (tertiary/aromatic N) is 3. The third-order valence-electron chi connectivity index (χ3n) is 5.98. The second kappa shape index (κ2) is 10.3. The van der Waals surface area contributed by atoms with Gasteiger partial charge < -0.3 is 28.8 Å². The maximum atomic E-state index is 13.2. The van der Waals surface area contributed by atoms with Gasteiger partial charge in [0.15, 0.2) is 11.5 Å². The number of aryl methyl sites for hydroxylation is 1. The normalized spacial score (nSPS) is 17.0. The zero-order valence-electron chi connectivity index (χ0n) is 19.8. The number of aliphatic hydroxyl groups excluding tert-OH is 1. The summed E-state index contributed by atoms with van der Waals surface area (Å²) in [6.07, 6.45) is 5.81. The molecule has 9 nitrogen and oxygen atoms in total. The summed E-state index contributed by atoms with van der Waals surface area (Å²) in [4.78, 5) is 31.9. The first-order valence-corrected chi connectivity index (χ1v) is 11.1. The van der Waals surface area contributed by atoms with Crippen LogP contribution in [0.5, 0.6) is 17.2 Å². The SMILES string of the molecule is COc1cccc(C(O)=C2C(=O)C(=O)N(CCCn3ccnc3)[C@H]2c2ccc(OC)c(OC)c2)c1. The first-order valence-electron chi connectivity index (χ1n) is 11.1. The van der Waals surface area contributed by atoms with Crippen LogP contribution in [0.4, 0.5) is 0 Å². The highest BCUT2D eigenvalue weighted by Gasteiger charge is 2.46. The van der Waals surface area contributed by atoms with Gasteiger partial charge in [0.05, 0.1) is 39.3 Å². The van der Waals surface area contributed by atoms with Crippen molar-refractivity contribution in [2.24, 2.45) is 0 Å². The predicted octanol–water partition coefficient (Wildman–Crippen LogP) is 3.42. The number of aliphatic hydroxyl groups is 1. The number of Topliss-reactive ketones (excluding diaryl/α,β-unsaturated/α-hetero) is 1. The predicted molar refractivity (Wildman–Crippen MR) is 128 cm³/mol. The van der Waals surface area contributed by atoms with E-state index in [1.54, 1.807) is 55.0 Å². The molecule has 1 amide bonds. The van der Waals surface area contributed by atoms with Gasteiger partial charge >= 0.3 is 0 Å². The van der Waals surface area contributed by atoms with Crippen molar-refractivity contribution in [2.45, 2.75) is 19.0 Å². The minimum Gasteiger partial charge on any atom is -0.507 e. The van der Waals surface area contributed by atoms with E-state index in [4.69, 9.17) is 14.2 Å². The van der Waals surface area contributed by atoms with Gasteiger partial charge in [-0.15, -0.1) is 0 Å². The Labute approximate surface area is 203 Å². The van der Waals surface area contributed by atoms with E-state index in [1.807, 2.05) is 10.8 Å². The van der Waals surface area contributed by atoms with Crippen LogP contribution in [-0.4, -0.2) is 59.1 Å². The van der Waals surface area contributed by atoms with E-state index in [0.29, 0.717) is 47.9 Å². The largest absolute Gasteiger partial charge is 0.507 e. The zero-order chi connectivity index (χ0) is 24.9. The summed E-state index contributed by atoms with van der Waals surface area (Å²) in [5, 5.41) is 11.2. The summed E-state index contributed by atoms with van der Waals surface area (Å²) in [6.45, 7) is 0.925. The molecule has 1 aliphatic heterocycles. The van der Waals surface area contributed by atoms with Gasteiger partial charge in [-0.1, -0.05) is 18.2 Å². The molecule has 0 radical (unpaired) electrons. The molecule has 0 bridgehead atoms. The second-order valence-corrected chi connectivity index (χ2v) is 7.99. The van der Waals surface area contributed by atoms with Gasteiger partial charge in [0, 0.05) is 31.0 Å². The fourth-order valence-electron chi connectivity index (χ4n) is 4.25. The average Bonchev–Trinajstić information content (AvgIpc) is 3.50. The highest BCUT2D eigenvalue weighted by molar-refractivity contribution is 6.46. The Bertz CT molecular complexity index is 1250. The van der Waals surface area contributed by atoms with Gasteiger partial charge in [0.2, 0.25) is 0 Å². The number of likely N-dealkylation sites (tertiary alicyclic amines) is 1. The van der Waals surface area contributed by atoms with Gasteiger partial charge in [-0.25, -0.2) is 4.98 Å². The molecule has 4 rings (SSSR count). The summed E-state index contributed by atoms with van der Waals surface area (Å²) in [5.74, 6) is -0.186. The van der Waals surface area contributed by atoms with Crippen LogP contribution in [0.3, 0.4) is 0 Å². The molecule has 2 aromatic carbocycles. The number of carbonyl (C=O) groups excluding carboxylic acids is 2. The Morgan fingerprint density at radius 3 is 2.49 bits per heavy atom. The van der Waals surface area contributed by atoms with Crippen LogP contribution in [0, 0.1) is 0 Å². The molecule has 1 aromatic heterocycles. The molecule has 1 aliphatic rings. The zero-order valence-corrected chi connectivity index (χ0v) is 19.8. The molecule has 0 unspecified atom stereocenters. The van der Waals surface area contributed by atoms with Crippen LogP contribution in [0.15, 0.2) is 66.8 Å². The van der Waals surface area contributed by atoms with Crippen molar-refractivity contribution in [3.05, 3.63) is 77.9 Å². The molecule has 1 N–H and O–H groups in total. The van der Waals surface area contributed by atoms with Crippen molar-refractivity contribution in [3.8, 4) is 17.2 Å². The fraction of sp³-hybridized carbons (Fsp3) is 0.269. The van der Waals surface area contributed by atoms with Gasteiger partial charge in [0.1, 0.15) is 11.5 Å². The Morgan fingerprint density at radius 1 is 1.00 bits per heavy atom. The molecule has 2 heterocycles. The highest BCUT2D eigenvalue weighted by Crippen LogP contribution is 2.42. The summed E-state index contributed by atoms with van der Waals surface area (Å²) in [6, 6.07) is 11.1. The number of methoxy groups -OCH3 is 3. The van der Waals surface area contributed by atoms with Crippen LogP contribution in [-0.2, 0) is 16.1 Å². The lowest BCUT2D eigenvalue weighted by atomic mass is 9.95. The lowest BCUT2D eigenvalue weighted by molar-refractivity contribution is -0.139. The van der Waals surface area contributed by atoms with Crippen LogP contribution in [0.2, 0.25) is 0 Å². The number of ketones is 1. The van der Waals surface area contributed by atoms with Gasteiger partial charge in [-0.3, -0.25) is 9.59 Å². The van der Waals surface area contributed by atoms with Crippen LogP contribution in [0.1, 0.15) is 23.6 Å². The molecule has 9 heteroatoms. The number of rotatable bonds is 9. The van der Waals surface area contributed by atoms with E-state index < -0.39 is 17.7 Å². The van der Waals surface area contributed by atoms with Crippen molar-refractivity contribution in [1.29, 1.82) is 0 Å². The molecule has 35 heavy (non-hydrogen) atoms. The first-order chi connectivity index (χ1) is 17.0. The van der Waals surface area contributed by atoms with E-state index in [-0.39, 0.29) is 11.3 Å². The molecule has 0 spiro atoms. The Balaban J connectivity index is 1.78. The smallest absolute Gasteiger partial charge is 0.295 e. The van der Waals surface area contributed by atoms with Gasteiger partial charge in [-0.05, 0) is 36.2 Å². The molecule has 182 valence electrons. The third-order valence-corrected chi connectivity index (χ3v) is 5.98. The number of hydrogen-bond acceptors (Lipinski definition) is 7. The van der Waals surface area contributed by atoms with Crippen LogP contribution in [0.25, 0.3) is 5.76 Å². The molecular formula is C26H27N3O6. The molecule has 1 saturated heterocycles. The number of benzene rings is 2. The van der Waals surface area contributed by atoms with Crippen LogP contribution < -0.4 is 14.2 Å². The van der Waals surface area contributed by atoms with Crippen LogP contribution >= 0.6 is 0 Å². The number of imidazole rings is 1. The third kappa shape index (κ3) is 4.70. The highest BCUT2D eigenvalue weighted by atomic mass is 16.5. The van der Waals surface area contributed by atoms with E-state index in [2.05, 4.69) is 4.98 Å². The number of aromatic nitrogens is 2. The lowest BCUT2D eigenvalue weighted by Gasteiger charge is -2.26. The maximum absolute atomic E-state index is 13.2. The van der Waals surface area contributed by atoms with Crippen molar-refractivity contribution in [3.63, 3.8) is 0 Å².